The third-order valence-electron chi connectivity index (χ3n) is 4.54. The highest BCUT2D eigenvalue weighted by Crippen LogP contribution is 2.44. The van der Waals surface area contributed by atoms with Gasteiger partial charge < -0.3 is 15.3 Å². The van der Waals surface area contributed by atoms with Crippen LogP contribution in [0.15, 0.2) is 24.3 Å². The van der Waals surface area contributed by atoms with Gasteiger partial charge in [0.15, 0.2) is 0 Å². The highest BCUT2D eigenvalue weighted by molar-refractivity contribution is 5.99. The summed E-state index contributed by atoms with van der Waals surface area (Å²) in [5, 5.41) is 11.9. The van der Waals surface area contributed by atoms with E-state index >= 15 is 0 Å². The van der Waals surface area contributed by atoms with Crippen LogP contribution in [0.3, 0.4) is 0 Å². The van der Waals surface area contributed by atoms with Gasteiger partial charge in [-0.1, -0.05) is 6.07 Å². The molecule has 0 bridgehead atoms. The van der Waals surface area contributed by atoms with Crippen molar-refractivity contribution in [1.82, 2.24) is 0 Å². The van der Waals surface area contributed by atoms with E-state index in [1.54, 1.807) is 17.0 Å². The lowest BCUT2D eigenvalue weighted by Gasteiger charge is -2.41. The summed E-state index contributed by atoms with van der Waals surface area (Å²) in [6, 6.07) is 6.24. The Morgan fingerprint density at radius 1 is 1.30 bits per heavy atom. The number of hydrogen-bond acceptors (Lipinski definition) is 3. The molecule has 1 aliphatic carbocycles. The van der Waals surface area contributed by atoms with Crippen molar-refractivity contribution in [3.63, 3.8) is 0 Å². The van der Waals surface area contributed by atoms with Crippen molar-refractivity contribution < 1.29 is 23.5 Å². The molecule has 0 aromatic heterocycles. The van der Waals surface area contributed by atoms with Gasteiger partial charge in [0, 0.05) is 24.3 Å². The first kappa shape index (κ1) is 15.9. The molecule has 1 saturated carbocycles. The van der Waals surface area contributed by atoms with Crippen LogP contribution in [0.5, 0.6) is 0 Å². The molecular weight excluding hydrogens is 306 g/mol. The molecule has 2 N–H and O–H groups in total. The van der Waals surface area contributed by atoms with Gasteiger partial charge in [0.2, 0.25) is 5.91 Å². The Kier molecular flexibility index (Phi) is 3.83. The molecule has 0 atom stereocenters. The normalized spacial score (nSPS) is 20.3. The zero-order valence-electron chi connectivity index (χ0n) is 12.5. The Bertz CT molecular complexity index is 644. The average Bonchev–Trinajstić information content (AvgIpc) is 2.91. The Morgan fingerprint density at radius 2 is 2.04 bits per heavy atom. The van der Waals surface area contributed by atoms with Crippen molar-refractivity contribution in [1.29, 1.82) is 0 Å². The number of nitrogens with one attached hydrogen (secondary N) is 1. The van der Waals surface area contributed by atoms with Crippen LogP contribution >= 0.6 is 0 Å². The fourth-order valence-electron chi connectivity index (χ4n) is 2.92. The zero-order valence-corrected chi connectivity index (χ0v) is 12.5. The predicted octanol–water partition coefficient (Wildman–Crippen LogP) is 2.30. The summed E-state index contributed by atoms with van der Waals surface area (Å²) in [5.41, 5.74) is -1.51. The van der Waals surface area contributed by atoms with Gasteiger partial charge in [0.25, 0.3) is 5.91 Å². The summed E-state index contributed by atoms with van der Waals surface area (Å²) in [4.78, 5) is 25.2. The maximum absolute atomic E-state index is 14.1. The molecule has 1 saturated heterocycles. The first-order valence-electron chi connectivity index (χ1n) is 7.66. The lowest BCUT2D eigenvalue weighted by atomic mass is 9.75. The van der Waals surface area contributed by atoms with Crippen molar-refractivity contribution in [3.8, 4) is 0 Å². The van der Waals surface area contributed by atoms with Gasteiger partial charge in [-0.3, -0.25) is 9.59 Å². The number of anilines is 2. The van der Waals surface area contributed by atoms with E-state index in [-0.39, 0.29) is 24.4 Å². The largest absolute Gasteiger partial charge is 0.383 e. The minimum atomic E-state index is -3.84. The predicted molar refractivity (Wildman–Crippen MR) is 80.4 cm³/mol. The van der Waals surface area contributed by atoms with E-state index in [0.29, 0.717) is 25.1 Å². The molecule has 5 nitrogen and oxygen atoms in total. The maximum atomic E-state index is 14.1. The van der Waals surface area contributed by atoms with Crippen molar-refractivity contribution >= 4 is 23.2 Å². The molecule has 23 heavy (non-hydrogen) atoms. The van der Waals surface area contributed by atoms with Gasteiger partial charge in [0.05, 0.1) is 0 Å². The molecule has 1 aliphatic heterocycles. The van der Waals surface area contributed by atoms with Crippen LogP contribution < -0.4 is 10.2 Å². The van der Waals surface area contributed by atoms with E-state index < -0.39 is 17.4 Å². The number of nitrogens with zero attached hydrogens (tertiary/aromatic N) is 1. The molecule has 2 fully saturated rings. The standard InChI is InChI=1S/C16H18F2N2O3/c17-16(18,15(23)7-3-8-15)14(22)19-11-4-1-5-12(10-11)20-9-2-6-13(20)21/h1,4-5,10,23H,2-3,6-9H2,(H,19,22). The molecule has 1 aromatic carbocycles. The third-order valence-corrected chi connectivity index (χ3v) is 4.54. The Morgan fingerprint density at radius 3 is 2.61 bits per heavy atom. The Balaban J connectivity index is 1.75. The molecule has 124 valence electrons. The van der Waals surface area contributed by atoms with Crippen molar-refractivity contribution in [2.24, 2.45) is 0 Å². The van der Waals surface area contributed by atoms with Crippen molar-refractivity contribution in [2.75, 3.05) is 16.8 Å². The van der Waals surface area contributed by atoms with Crippen LogP contribution in [0.4, 0.5) is 20.2 Å². The summed E-state index contributed by atoms with van der Waals surface area (Å²) in [7, 11) is 0. The maximum Gasteiger partial charge on any atom is 0.352 e. The van der Waals surface area contributed by atoms with Gasteiger partial charge in [-0.25, -0.2) is 0 Å². The van der Waals surface area contributed by atoms with E-state index in [1.165, 1.54) is 12.1 Å². The SMILES string of the molecule is O=C1CCCN1c1cccc(NC(=O)C(F)(F)C2(O)CCC2)c1. The zero-order chi connectivity index (χ0) is 16.7. The fourth-order valence-corrected chi connectivity index (χ4v) is 2.92. The van der Waals surface area contributed by atoms with Crippen molar-refractivity contribution in [2.45, 2.75) is 43.6 Å². The molecule has 2 amide bonds. The molecule has 7 heteroatoms. The Hall–Kier alpha value is -2.02. The third kappa shape index (κ3) is 2.69. The number of hydrogen-bond donors (Lipinski definition) is 2. The second kappa shape index (κ2) is 5.56. The second-order valence-electron chi connectivity index (χ2n) is 6.11. The summed E-state index contributed by atoms with van der Waals surface area (Å²) in [6.45, 7) is 0.576. The van der Waals surface area contributed by atoms with Gasteiger partial charge in [-0.2, -0.15) is 8.78 Å². The van der Waals surface area contributed by atoms with Gasteiger partial charge in [0.1, 0.15) is 5.60 Å². The first-order chi connectivity index (χ1) is 10.8. The quantitative estimate of drug-likeness (QED) is 0.893. The van der Waals surface area contributed by atoms with E-state index in [9.17, 15) is 23.5 Å². The first-order valence-corrected chi connectivity index (χ1v) is 7.66. The molecule has 2 aliphatic rings. The lowest BCUT2D eigenvalue weighted by Crippen LogP contribution is -2.59. The summed E-state index contributed by atoms with van der Waals surface area (Å²) >= 11 is 0. The summed E-state index contributed by atoms with van der Waals surface area (Å²) < 4.78 is 28.1. The van der Waals surface area contributed by atoms with Crippen LogP contribution in [-0.4, -0.2) is 35.0 Å². The molecule has 0 spiro atoms. The van der Waals surface area contributed by atoms with E-state index in [4.69, 9.17) is 0 Å². The monoisotopic (exact) mass is 324 g/mol. The minimum absolute atomic E-state index is 0.0254. The number of carbonyl (C=O) groups excluding carboxylic acids is 2. The number of carbonyl (C=O) groups is 2. The highest BCUT2D eigenvalue weighted by Gasteiger charge is 2.61. The van der Waals surface area contributed by atoms with Gasteiger partial charge in [-0.05, 0) is 43.9 Å². The molecule has 1 heterocycles. The molecular formula is C16H18F2N2O3. The van der Waals surface area contributed by atoms with Crippen LogP contribution in [0, 0.1) is 0 Å². The fraction of sp³-hybridized carbons (Fsp3) is 0.500. The van der Waals surface area contributed by atoms with E-state index in [2.05, 4.69) is 5.32 Å². The van der Waals surface area contributed by atoms with E-state index in [1.807, 2.05) is 0 Å². The number of rotatable bonds is 4. The van der Waals surface area contributed by atoms with Crippen LogP contribution in [0.2, 0.25) is 0 Å². The molecule has 1 aromatic rings. The van der Waals surface area contributed by atoms with Crippen LogP contribution in [0.25, 0.3) is 0 Å². The van der Waals surface area contributed by atoms with Gasteiger partial charge >= 0.3 is 5.92 Å². The topological polar surface area (TPSA) is 69.6 Å². The minimum Gasteiger partial charge on any atom is -0.383 e. The number of aliphatic hydroxyl groups is 1. The second-order valence-corrected chi connectivity index (χ2v) is 6.11. The molecule has 3 rings (SSSR count). The average molecular weight is 324 g/mol. The van der Waals surface area contributed by atoms with Gasteiger partial charge in [-0.15, -0.1) is 0 Å². The van der Waals surface area contributed by atoms with E-state index in [0.717, 1.165) is 6.42 Å². The summed E-state index contributed by atoms with van der Waals surface area (Å²) in [6.07, 6.45) is 1.51. The number of alkyl halides is 2. The highest BCUT2D eigenvalue weighted by atomic mass is 19.3. The van der Waals surface area contributed by atoms with Crippen molar-refractivity contribution in [3.05, 3.63) is 24.3 Å². The number of amides is 2. The summed E-state index contributed by atoms with van der Waals surface area (Å²) in [5.74, 6) is -5.39. The molecule has 0 radical (unpaired) electrons. The van der Waals surface area contributed by atoms with Crippen LogP contribution in [-0.2, 0) is 9.59 Å². The smallest absolute Gasteiger partial charge is 0.352 e. The number of halogens is 2. The Labute approximate surface area is 132 Å². The molecule has 0 unspecified atom stereocenters. The van der Waals surface area contributed by atoms with Crippen LogP contribution in [0.1, 0.15) is 32.1 Å². The number of benzene rings is 1. The lowest BCUT2D eigenvalue weighted by molar-refractivity contribution is -0.212.